The molecule has 0 fully saturated rings. The first-order chi connectivity index (χ1) is 14.5. The summed E-state index contributed by atoms with van der Waals surface area (Å²) >= 11 is 1.36. The SMILES string of the molecule is CCOC(=O)C1=C(COC(=O)COc2ccccc2F)NC(=O)NC1c1cccs1. The third-order valence-electron chi connectivity index (χ3n) is 4.04. The van der Waals surface area contributed by atoms with Gasteiger partial charge in [0, 0.05) is 4.88 Å². The van der Waals surface area contributed by atoms with Crippen molar-refractivity contribution in [2.75, 3.05) is 19.8 Å². The number of amides is 2. The first-order valence-corrected chi connectivity index (χ1v) is 9.91. The molecule has 0 spiro atoms. The van der Waals surface area contributed by atoms with Gasteiger partial charge in [-0.25, -0.2) is 18.8 Å². The van der Waals surface area contributed by atoms with Gasteiger partial charge in [0.05, 0.1) is 23.9 Å². The number of ether oxygens (including phenoxy) is 3. The molecule has 2 heterocycles. The van der Waals surface area contributed by atoms with Crippen molar-refractivity contribution in [3.63, 3.8) is 0 Å². The average Bonchev–Trinajstić information content (AvgIpc) is 3.26. The van der Waals surface area contributed by atoms with Crippen LogP contribution in [0.25, 0.3) is 0 Å². The van der Waals surface area contributed by atoms with Crippen molar-refractivity contribution < 1.29 is 33.0 Å². The zero-order valence-electron chi connectivity index (χ0n) is 16.0. The number of carbonyl (C=O) groups excluding carboxylic acids is 3. The van der Waals surface area contributed by atoms with Crippen molar-refractivity contribution in [2.24, 2.45) is 0 Å². The van der Waals surface area contributed by atoms with E-state index in [1.54, 1.807) is 25.1 Å². The van der Waals surface area contributed by atoms with Crippen molar-refractivity contribution in [1.82, 2.24) is 10.6 Å². The van der Waals surface area contributed by atoms with Crippen LogP contribution in [-0.2, 0) is 19.1 Å². The first kappa shape index (κ1) is 21.3. The summed E-state index contributed by atoms with van der Waals surface area (Å²) in [6.07, 6.45) is 0. The summed E-state index contributed by atoms with van der Waals surface area (Å²) in [7, 11) is 0. The second-order valence-corrected chi connectivity index (χ2v) is 7.02. The van der Waals surface area contributed by atoms with Crippen molar-refractivity contribution in [1.29, 1.82) is 0 Å². The van der Waals surface area contributed by atoms with Crippen molar-refractivity contribution in [3.8, 4) is 5.75 Å². The van der Waals surface area contributed by atoms with Crippen LogP contribution < -0.4 is 15.4 Å². The number of thiophene rings is 1. The Morgan fingerprint density at radius 3 is 2.67 bits per heavy atom. The molecule has 1 atom stereocenters. The molecule has 1 aliphatic heterocycles. The van der Waals surface area contributed by atoms with Gasteiger partial charge in [0.25, 0.3) is 0 Å². The molecule has 3 rings (SSSR count). The maximum Gasteiger partial charge on any atom is 0.344 e. The number of urea groups is 1. The van der Waals surface area contributed by atoms with Crippen LogP contribution in [0.1, 0.15) is 17.8 Å². The molecule has 30 heavy (non-hydrogen) atoms. The Morgan fingerprint density at radius 1 is 1.17 bits per heavy atom. The molecule has 10 heteroatoms. The smallest absolute Gasteiger partial charge is 0.344 e. The van der Waals surface area contributed by atoms with Crippen LogP contribution in [0.3, 0.4) is 0 Å². The summed E-state index contributed by atoms with van der Waals surface area (Å²) in [6, 6.07) is 7.91. The molecule has 0 saturated heterocycles. The molecule has 1 unspecified atom stereocenters. The van der Waals surface area contributed by atoms with Gasteiger partial charge in [-0.1, -0.05) is 18.2 Å². The Kier molecular flexibility index (Phi) is 7.02. The minimum atomic E-state index is -0.797. The van der Waals surface area contributed by atoms with E-state index in [-0.39, 0.29) is 30.2 Å². The summed E-state index contributed by atoms with van der Waals surface area (Å²) < 4.78 is 28.9. The first-order valence-electron chi connectivity index (χ1n) is 9.03. The van der Waals surface area contributed by atoms with Crippen molar-refractivity contribution in [2.45, 2.75) is 13.0 Å². The zero-order chi connectivity index (χ0) is 21.5. The van der Waals surface area contributed by atoms with E-state index >= 15 is 0 Å². The quantitative estimate of drug-likeness (QED) is 0.620. The lowest BCUT2D eigenvalue weighted by Crippen LogP contribution is -2.47. The molecule has 8 nitrogen and oxygen atoms in total. The Bertz CT molecular complexity index is 960. The normalized spacial score (nSPS) is 15.8. The number of benzene rings is 1. The lowest BCUT2D eigenvalue weighted by Gasteiger charge is -2.28. The molecule has 1 aliphatic rings. The number of para-hydroxylation sites is 1. The highest BCUT2D eigenvalue weighted by atomic mass is 32.1. The predicted octanol–water partition coefficient (Wildman–Crippen LogP) is 2.68. The second kappa shape index (κ2) is 9.88. The van der Waals surface area contributed by atoms with Gasteiger partial charge in [-0.05, 0) is 30.5 Å². The number of nitrogens with one attached hydrogen (secondary N) is 2. The highest BCUT2D eigenvalue weighted by Gasteiger charge is 2.34. The topological polar surface area (TPSA) is 103 Å². The maximum atomic E-state index is 13.6. The Hall–Kier alpha value is -3.40. The standard InChI is InChI=1S/C20H19FN2O6S/c1-2-27-19(25)17-13(22-20(26)23-18(17)15-8-5-9-30-15)10-29-16(24)11-28-14-7-4-3-6-12(14)21/h3-9,18H,2,10-11H2,1H3,(H2,22,23,26). The van der Waals surface area contributed by atoms with Gasteiger partial charge in [-0.3, -0.25) is 0 Å². The summed E-state index contributed by atoms with van der Waals surface area (Å²) in [4.78, 5) is 37.4. The third-order valence-corrected chi connectivity index (χ3v) is 4.97. The van der Waals surface area contributed by atoms with Crippen LogP contribution >= 0.6 is 11.3 Å². The molecule has 1 aromatic carbocycles. The van der Waals surface area contributed by atoms with Crippen LogP contribution in [0, 0.1) is 5.82 Å². The number of carbonyl (C=O) groups is 3. The van der Waals surface area contributed by atoms with E-state index in [0.29, 0.717) is 0 Å². The van der Waals surface area contributed by atoms with E-state index in [9.17, 15) is 18.8 Å². The van der Waals surface area contributed by atoms with Crippen LogP contribution in [-0.4, -0.2) is 37.8 Å². The van der Waals surface area contributed by atoms with Crippen LogP contribution in [0.5, 0.6) is 5.75 Å². The van der Waals surface area contributed by atoms with E-state index in [4.69, 9.17) is 14.2 Å². The van der Waals surface area contributed by atoms with Gasteiger partial charge in [0.1, 0.15) is 6.61 Å². The van der Waals surface area contributed by atoms with Crippen molar-refractivity contribution >= 4 is 29.3 Å². The zero-order valence-corrected chi connectivity index (χ0v) is 16.8. The highest BCUT2D eigenvalue weighted by molar-refractivity contribution is 7.10. The highest BCUT2D eigenvalue weighted by Crippen LogP contribution is 2.30. The van der Waals surface area contributed by atoms with E-state index in [2.05, 4.69) is 10.6 Å². The summed E-state index contributed by atoms with van der Waals surface area (Å²) in [5.41, 5.74) is 0.247. The summed E-state index contributed by atoms with van der Waals surface area (Å²) in [5.74, 6) is -2.14. The Labute approximate surface area is 175 Å². The largest absolute Gasteiger partial charge is 0.479 e. The number of halogens is 1. The Balaban J connectivity index is 1.73. The van der Waals surface area contributed by atoms with Gasteiger partial charge in [-0.2, -0.15) is 0 Å². The van der Waals surface area contributed by atoms with E-state index in [0.717, 1.165) is 4.88 Å². The fourth-order valence-corrected chi connectivity index (χ4v) is 3.53. The van der Waals surface area contributed by atoms with Gasteiger partial charge in [0.15, 0.2) is 18.2 Å². The molecule has 2 N–H and O–H groups in total. The average molecular weight is 434 g/mol. The molecular weight excluding hydrogens is 415 g/mol. The molecule has 1 aromatic heterocycles. The minimum absolute atomic E-state index is 0.0891. The molecule has 158 valence electrons. The van der Waals surface area contributed by atoms with Gasteiger partial charge in [-0.15, -0.1) is 11.3 Å². The summed E-state index contributed by atoms with van der Waals surface area (Å²) in [5, 5.41) is 6.98. The molecule has 0 bridgehead atoms. The summed E-state index contributed by atoms with van der Waals surface area (Å²) in [6.45, 7) is 0.872. The number of hydrogen-bond donors (Lipinski definition) is 2. The van der Waals surface area contributed by atoms with E-state index in [1.807, 2.05) is 5.38 Å². The maximum absolute atomic E-state index is 13.6. The van der Waals surface area contributed by atoms with Crippen molar-refractivity contribution in [3.05, 3.63) is 63.7 Å². The van der Waals surface area contributed by atoms with Gasteiger partial charge in [0.2, 0.25) is 0 Å². The molecule has 0 aliphatic carbocycles. The van der Waals surface area contributed by atoms with Gasteiger partial charge >= 0.3 is 18.0 Å². The number of esters is 2. The van der Waals surface area contributed by atoms with E-state index < -0.39 is 36.4 Å². The molecular formula is C20H19FN2O6S. The fourth-order valence-electron chi connectivity index (χ4n) is 2.74. The number of rotatable bonds is 8. The molecule has 2 aromatic rings. The lowest BCUT2D eigenvalue weighted by atomic mass is 10.0. The fraction of sp³-hybridized carbons (Fsp3) is 0.250. The predicted molar refractivity (Wildman–Crippen MR) is 105 cm³/mol. The van der Waals surface area contributed by atoms with Crippen LogP contribution in [0.4, 0.5) is 9.18 Å². The van der Waals surface area contributed by atoms with Crippen LogP contribution in [0.15, 0.2) is 53.0 Å². The minimum Gasteiger partial charge on any atom is -0.479 e. The Morgan fingerprint density at radius 2 is 1.97 bits per heavy atom. The molecule has 0 radical (unpaired) electrons. The third kappa shape index (κ3) is 5.15. The molecule has 0 saturated carbocycles. The number of hydrogen-bond acceptors (Lipinski definition) is 7. The lowest BCUT2D eigenvalue weighted by molar-refractivity contribution is -0.145. The second-order valence-electron chi connectivity index (χ2n) is 6.04. The van der Waals surface area contributed by atoms with Gasteiger partial charge < -0.3 is 24.8 Å². The monoisotopic (exact) mass is 434 g/mol. The van der Waals surface area contributed by atoms with E-state index in [1.165, 1.54) is 29.5 Å². The van der Waals surface area contributed by atoms with Crippen LogP contribution in [0.2, 0.25) is 0 Å². The molecule has 2 amide bonds.